The quantitative estimate of drug-likeness (QED) is 0.839. The van der Waals surface area contributed by atoms with E-state index in [1.807, 2.05) is 26.2 Å². The molecule has 0 unspecified atom stereocenters. The van der Waals surface area contributed by atoms with Gasteiger partial charge in [0, 0.05) is 36.4 Å². The van der Waals surface area contributed by atoms with Crippen LogP contribution >= 0.6 is 15.9 Å². The summed E-state index contributed by atoms with van der Waals surface area (Å²) in [5, 5.41) is 0. The van der Waals surface area contributed by atoms with Gasteiger partial charge in [0.15, 0.2) is 0 Å². The number of nitrogens with one attached hydrogen (secondary N) is 1. The molecule has 1 aromatic rings. The molecule has 78 valence electrons. The van der Waals surface area contributed by atoms with Crippen molar-refractivity contribution >= 4 is 21.6 Å². The Bertz CT molecular complexity index is 302. The Labute approximate surface area is 93.1 Å². The minimum absolute atomic E-state index is 0.686. The summed E-state index contributed by atoms with van der Waals surface area (Å²) in [5.41, 5.74) is 5.22. The second kappa shape index (κ2) is 5.34. The van der Waals surface area contributed by atoms with Crippen LogP contribution in [0.25, 0.3) is 0 Å². The van der Waals surface area contributed by atoms with Crippen LogP contribution in [0, 0.1) is 0 Å². The van der Waals surface area contributed by atoms with Crippen LogP contribution in [-0.4, -0.2) is 21.2 Å². The molecule has 0 spiro atoms. The molecule has 0 saturated heterocycles. The van der Waals surface area contributed by atoms with E-state index in [0.29, 0.717) is 6.54 Å². The summed E-state index contributed by atoms with van der Waals surface area (Å²) in [4.78, 5) is 6.93. The second-order valence-electron chi connectivity index (χ2n) is 3.16. The summed E-state index contributed by atoms with van der Waals surface area (Å²) in [6.07, 6.45) is 0. The standard InChI is InChI=1S/C10H15BrN2O/c1-13(2)10-6-4-5-9(11)8(10)7-12-14-3/h4-6,12H,7H2,1-3H3. The van der Waals surface area contributed by atoms with E-state index in [4.69, 9.17) is 4.84 Å². The van der Waals surface area contributed by atoms with Crippen molar-refractivity contribution in [3.8, 4) is 0 Å². The molecule has 1 N–H and O–H groups in total. The predicted octanol–water partition coefficient (Wildman–Crippen LogP) is 2.17. The number of nitrogens with zero attached hydrogens (tertiary/aromatic N) is 1. The number of benzene rings is 1. The highest BCUT2D eigenvalue weighted by Crippen LogP contribution is 2.26. The molecular weight excluding hydrogens is 244 g/mol. The van der Waals surface area contributed by atoms with Crippen LogP contribution in [0.2, 0.25) is 0 Å². The summed E-state index contributed by atoms with van der Waals surface area (Å²) in [6.45, 7) is 0.686. The largest absolute Gasteiger partial charge is 0.377 e. The van der Waals surface area contributed by atoms with E-state index in [1.54, 1.807) is 7.11 Å². The summed E-state index contributed by atoms with van der Waals surface area (Å²) in [7, 11) is 5.67. The fourth-order valence-corrected chi connectivity index (χ4v) is 1.78. The maximum absolute atomic E-state index is 4.85. The molecular formula is C10H15BrN2O. The SMILES string of the molecule is CONCc1c(Br)cccc1N(C)C. The van der Waals surface area contributed by atoms with Gasteiger partial charge in [-0.1, -0.05) is 22.0 Å². The molecule has 0 heterocycles. The Hall–Kier alpha value is -0.580. The van der Waals surface area contributed by atoms with E-state index in [1.165, 1.54) is 11.3 Å². The third-order valence-corrected chi connectivity index (χ3v) is 2.71. The third kappa shape index (κ3) is 2.70. The lowest BCUT2D eigenvalue weighted by atomic mass is 10.1. The highest BCUT2D eigenvalue weighted by Gasteiger charge is 2.07. The first-order valence-electron chi connectivity index (χ1n) is 4.37. The smallest absolute Gasteiger partial charge is 0.0572 e. The highest BCUT2D eigenvalue weighted by atomic mass is 79.9. The van der Waals surface area contributed by atoms with E-state index in [9.17, 15) is 0 Å². The molecule has 0 aromatic heterocycles. The van der Waals surface area contributed by atoms with Crippen LogP contribution in [-0.2, 0) is 11.4 Å². The lowest BCUT2D eigenvalue weighted by Gasteiger charge is -2.18. The van der Waals surface area contributed by atoms with Crippen molar-refractivity contribution in [1.29, 1.82) is 0 Å². The van der Waals surface area contributed by atoms with Crippen molar-refractivity contribution < 1.29 is 4.84 Å². The molecule has 4 heteroatoms. The molecule has 1 rings (SSSR count). The predicted molar refractivity (Wildman–Crippen MR) is 62.3 cm³/mol. The van der Waals surface area contributed by atoms with Crippen molar-refractivity contribution in [2.24, 2.45) is 0 Å². The molecule has 0 aliphatic carbocycles. The Morgan fingerprint density at radius 1 is 1.43 bits per heavy atom. The highest BCUT2D eigenvalue weighted by molar-refractivity contribution is 9.10. The molecule has 1 aromatic carbocycles. The number of hydrogen-bond donors (Lipinski definition) is 1. The van der Waals surface area contributed by atoms with Gasteiger partial charge in [-0.3, -0.25) is 0 Å². The number of halogens is 1. The van der Waals surface area contributed by atoms with E-state index in [0.717, 1.165) is 4.47 Å². The van der Waals surface area contributed by atoms with Crippen molar-refractivity contribution in [2.45, 2.75) is 6.54 Å². The fraction of sp³-hybridized carbons (Fsp3) is 0.400. The van der Waals surface area contributed by atoms with Gasteiger partial charge in [0.25, 0.3) is 0 Å². The molecule has 0 aliphatic heterocycles. The molecule has 0 aliphatic rings. The Morgan fingerprint density at radius 3 is 2.71 bits per heavy atom. The number of hydroxylamine groups is 1. The normalized spacial score (nSPS) is 10.3. The van der Waals surface area contributed by atoms with Crippen LogP contribution in [0.3, 0.4) is 0 Å². The third-order valence-electron chi connectivity index (χ3n) is 1.97. The van der Waals surface area contributed by atoms with Crippen LogP contribution < -0.4 is 10.4 Å². The van der Waals surface area contributed by atoms with Gasteiger partial charge in [0.1, 0.15) is 0 Å². The first-order chi connectivity index (χ1) is 6.66. The van der Waals surface area contributed by atoms with E-state index < -0.39 is 0 Å². The molecule has 0 saturated carbocycles. The molecule has 0 fully saturated rings. The van der Waals surface area contributed by atoms with Crippen molar-refractivity contribution in [3.05, 3.63) is 28.2 Å². The lowest BCUT2D eigenvalue weighted by Crippen LogP contribution is -2.17. The zero-order valence-electron chi connectivity index (χ0n) is 8.67. The first-order valence-corrected chi connectivity index (χ1v) is 5.16. The van der Waals surface area contributed by atoms with Gasteiger partial charge in [0.2, 0.25) is 0 Å². The molecule has 0 atom stereocenters. The zero-order valence-corrected chi connectivity index (χ0v) is 10.3. The van der Waals surface area contributed by atoms with Crippen molar-refractivity contribution in [3.63, 3.8) is 0 Å². The molecule has 3 nitrogen and oxygen atoms in total. The summed E-state index contributed by atoms with van der Waals surface area (Å²) >= 11 is 3.52. The van der Waals surface area contributed by atoms with Crippen molar-refractivity contribution in [2.75, 3.05) is 26.1 Å². The maximum Gasteiger partial charge on any atom is 0.0572 e. The minimum Gasteiger partial charge on any atom is -0.377 e. The number of anilines is 1. The monoisotopic (exact) mass is 258 g/mol. The van der Waals surface area contributed by atoms with Gasteiger partial charge in [-0.2, -0.15) is 5.48 Å². The van der Waals surface area contributed by atoms with Crippen molar-refractivity contribution in [1.82, 2.24) is 5.48 Å². The van der Waals surface area contributed by atoms with Crippen LogP contribution in [0.4, 0.5) is 5.69 Å². The van der Waals surface area contributed by atoms with Gasteiger partial charge < -0.3 is 9.74 Å². The lowest BCUT2D eigenvalue weighted by molar-refractivity contribution is 0.0867. The zero-order chi connectivity index (χ0) is 10.6. The number of hydrogen-bond acceptors (Lipinski definition) is 3. The molecule has 0 bridgehead atoms. The minimum atomic E-state index is 0.686. The first kappa shape index (κ1) is 11.5. The maximum atomic E-state index is 4.85. The average Bonchev–Trinajstić information content (AvgIpc) is 2.15. The number of rotatable bonds is 4. The molecule has 0 radical (unpaired) electrons. The van der Waals surface area contributed by atoms with Crippen LogP contribution in [0.1, 0.15) is 5.56 Å². The topological polar surface area (TPSA) is 24.5 Å². The van der Waals surface area contributed by atoms with E-state index in [-0.39, 0.29) is 0 Å². The van der Waals surface area contributed by atoms with Gasteiger partial charge in [0.05, 0.1) is 7.11 Å². The van der Waals surface area contributed by atoms with Gasteiger partial charge in [-0.05, 0) is 12.1 Å². The summed E-state index contributed by atoms with van der Waals surface area (Å²) < 4.78 is 1.09. The summed E-state index contributed by atoms with van der Waals surface area (Å²) in [5.74, 6) is 0. The second-order valence-corrected chi connectivity index (χ2v) is 4.01. The van der Waals surface area contributed by atoms with Crippen LogP contribution in [0.15, 0.2) is 22.7 Å². The Morgan fingerprint density at radius 2 is 2.14 bits per heavy atom. The molecule has 14 heavy (non-hydrogen) atoms. The van der Waals surface area contributed by atoms with Gasteiger partial charge in [-0.15, -0.1) is 0 Å². The van der Waals surface area contributed by atoms with E-state index >= 15 is 0 Å². The Kier molecular flexibility index (Phi) is 4.38. The molecule has 0 amide bonds. The van der Waals surface area contributed by atoms with Gasteiger partial charge >= 0.3 is 0 Å². The fourth-order valence-electron chi connectivity index (χ4n) is 1.29. The Balaban J connectivity index is 2.96. The summed E-state index contributed by atoms with van der Waals surface area (Å²) in [6, 6.07) is 6.13. The average molecular weight is 259 g/mol. The van der Waals surface area contributed by atoms with Crippen LogP contribution in [0.5, 0.6) is 0 Å². The van der Waals surface area contributed by atoms with E-state index in [2.05, 4.69) is 32.4 Å². The van der Waals surface area contributed by atoms with Gasteiger partial charge in [-0.25, -0.2) is 0 Å².